The zero-order valence-electron chi connectivity index (χ0n) is 16.1. The van der Waals surface area contributed by atoms with Crippen LogP contribution in [0.4, 0.5) is 0 Å². The lowest BCUT2D eigenvalue weighted by molar-refractivity contribution is -0.132. The molecule has 2 amide bonds. The van der Waals surface area contributed by atoms with E-state index in [-0.39, 0.29) is 42.4 Å². The summed E-state index contributed by atoms with van der Waals surface area (Å²) in [5.41, 5.74) is 0.997. The molecule has 2 saturated heterocycles. The number of sulfonamides is 1. The van der Waals surface area contributed by atoms with Gasteiger partial charge in [-0.05, 0) is 5.56 Å². The van der Waals surface area contributed by atoms with Crippen molar-refractivity contribution in [3.8, 4) is 0 Å². The van der Waals surface area contributed by atoms with Crippen LogP contribution in [0.25, 0.3) is 0 Å². The van der Waals surface area contributed by atoms with Crippen molar-refractivity contribution < 1.29 is 18.0 Å². The molecular formula is C19H23N5O4S. The zero-order valence-corrected chi connectivity index (χ0v) is 16.9. The van der Waals surface area contributed by atoms with E-state index < -0.39 is 15.9 Å². The Morgan fingerprint density at radius 2 is 1.93 bits per heavy atom. The number of carbonyl (C=O) groups excluding carboxylic acids is 2. The molecule has 1 atom stereocenters. The van der Waals surface area contributed by atoms with Crippen LogP contribution in [0.1, 0.15) is 12.0 Å². The van der Waals surface area contributed by atoms with Gasteiger partial charge in [0.25, 0.3) is 10.0 Å². The van der Waals surface area contributed by atoms with E-state index in [1.54, 1.807) is 16.5 Å². The number of aryl methyl sites for hydroxylation is 1. The summed E-state index contributed by atoms with van der Waals surface area (Å²) >= 11 is 0. The highest BCUT2D eigenvalue weighted by molar-refractivity contribution is 7.89. The molecule has 10 heteroatoms. The Morgan fingerprint density at radius 1 is 1.21 bits per heavy atom. The lowest BCUT2D eigenvalue weighted by Gasteiger charge is -2.42. The first-order valence-electron chi connectivity index (χ1n) is 9.44. The van der Waals surface area contributed by atoms with Crippen LogP contribution in [0.3, 0.4) is 0 Å². The highest BCUT2D eigenvalue weighted by Gasteiger charge is 2.46. The Labute approximate surface area is 169 Å². The van der Waals surface area contributed by atoms with Gasteiger partial charge in [-0.3, -0.25) is 9.59 Å². The number of aromatic nitrogens is 2. The summed E-state index contributed by atoms with van der Waals surface area (Å²) in [7, 11) is -1.94. The van der Waals surface area contributed by atoms with Gasteiger partial charge in [0.05, 0.1) is 18.3 Å². The quantitative estimate of drug-likeness (QED) is 0.710. The van der Waals surface area contributed by atoms with Crippen LogP contribution in [-0.4, -0.2) is 64.7 Å². The summed E-state index contributed by atoms with van der Waals surface area (Å²) in [6.45, 7) is 1.19. The van der Waals surface area contributed by atoms with Gasteiger partial charge >= 0.3 is 0 Å². The third kappa shape index (κ3) is 3.90. The molecule has 0 spiro atoms. The second kappa shape index (κ2) is 7.60. The number of benzene rings is 1. The minimum Gasteiger partial charge on any atom is -0.352 e. The Hall–Kier alpha value is -2.72. The molecule has 154 valence electrons. The van der Waals surface area contributed by atoms with Crippen LogP contribution in [0.2, 0.25) is 0 Å². The van der Waals surface area contributed by atoms with E-state index in [1.807, 2.05) is 30.3 Å². The monoisotopic (exact) mass is 417 g/mol. The summed E-state index contributed by atoms with van der Waals surface area (Å²) < 4.78 is 28.0. The largest absolute Gasteiger partial charge is 0.352 e. The molecule has 3 heterocycles. The normalized spacial score (nSPS) is 20.7. The van der Waals surface area contributed by atoms with E-state index >= 15 is 0 Å². The molecule has 0 radical (unpaired) electrons. The van der Waals surface area contributed by atoms with Crippen molar-refractivity contribution in [3.05, 3.63) is 48.4 Å². The van der Waals surface area contributed by atoms with E-state index in [1.165, 1.54) is 16.8 Å². The van der Waals surface area contributed by atoms with E-state index in [9.17, 15) is 18.0 Å². The summed E-state index contributed by atoms with van der Waals surface area (Å²) in [6, 6.07) is 9.38. The molecule has 0 aliphatic carbocycles. The molecule has 1 aromatic heterocycles. The van der Waals surface area contributed by atoms with Crippen molar-refractivity contribution in [2.45, 2.75) is 24.0 Å². The van der Waals surface area contributed by atoms with Crippen LogP contribution in [-0.2, 0) is 33.2 Å². The number of nitrogens with zero attached hydrogens (tertiary/aromatic N) is 4. The van der Waals surface area contributed by atoms with Crippen molar-refractivity contribution in [1.82, 2.24) is 24.1 Å². The maximum atomic E-state index is 12.5. The molecule has 2 aromatic rings. The summed E-state index contributed by atoms with van der Waals surface area (Å²) in [5, 5.41) is 2.88. The Bertz CT molecular complexity index is 1010. The van der Waals surface area contributed by atoms with E-state index in [0.29, 0.717) is 13.1 Å². The molecule has 1 N–H and O–H groups in total. The first-order chi connectivity index (χ1) is 13.8. The van der Waals surface area contributed by atoms with Gasteiger partial charge in [-0.2, -0.15) is 4.31 Å². The number of hydrogen-bond donors (Lipinski definition) is 1. The summed E-state index contributed by atoms with van der Waals surface area (Å²) in [5.74, 6) is -0.667. The Kier molecular flexibility index (Phi) is 5.13. The van der Waals surface area contributed by atoms with Gasteiger partial charge in [0, 0.05) is 45.8 Å². The lowest BCUT2D eigenvalue weighted by Crippen LogP contribution is -2.61. The van der Waals surface area contributed by atoms with Crippen molar-refractivity contribution >= 4 is 21.8 Å². The second-order valence-electron chi connectivity index (χ2n) is 7.50. The van der Waals surface area contributed by atoms with Crippen LogP contribution < -0.4 is 5.32 Å². The molecule has 0 bridgehead atoms. The Morgan fingerprint density at radius 3 is 2.59 bits per heavy atom. The number of hydrogen-bond acceptors (Lipinski definition) is 5. The van der Waals surface area contributed by atoms with Crippen LogP contribution in [0.5, 0.6) is 0 Å². The first kappa shape index (κ1) is 19.6. The minimum absolute atomic E-state index is 0.00404. The number of amides is 2. The fourth-order valence-corrected chi connectivity index (χ4v) is 5.13. The van der Waals surface area contributed by atoms with E-state index in [0.717, 1.165) is 5.56 Å². The number of rotatable bonds is 6. The average molecular weight is 417 g/mol. The molecule has 2 aliphatic rings. The van der Waals surface area contributed by atoms with E-state index in [4.69, 9.17) is 0 Å². The van der Waals surface area contributed by atoms with Crippen molar-refractivity contribution in [3.63, 3.8) is 0 Å². The van der Waals surface area contributed by atoms with Crippen molar-refractivity contribution in [1.29, 1.82) is 0 Å². The molecule has 1 unspecified atom stereocenters. The van der Waals surface area contributed by atoms with Gasteiger partial charge < -0.3 is 14.8 Å². The van der Waals surface area contributed by atoms with Gasteiger partial charge in [-0.15, -0.1) is 0 Å². The van der Waals surface area contributed by atoms with Gasteiger partial charge in [0.2, 0.25) is 11.8 Å². The number of imidazole rings is 1. The maximum Gasteiger partial charge on any atom is 0.262 e. The van der Waals surface area contributed by atoms with Crippen molar-refractivity contribution in [2.75, 3.05) is 19.6 Å². The van der Waals surface area contributed by atoms with E-state index in [2.05, 4.69) is 10.3 Å². The summed E-state index contributed by atoms with van der Waals surface area (Å²) in [4.78, 5) is 30.4. The minimum atomic E-state index is -3.65. The molecule has 0 saturated carbocycles. The summed E-state index contributed by atoms with van der Waals surface area (Å²) in [6.07, 6.45) is 3.05. The van der Waals surface area contributed by atoms with Crippen molar-refractivity contribution in [2.24, 2.45) is 13.0 Å². The van der Waals surface area contributed by atoms with Crippen LogP contribution >= 0.6 is 0 Å². The molecule has 29 heavy (non-hydrogen) atoms. The van der Waals surface area contributed by atoms with Gasteiger partial charge in [0.15, 0.2) is 5.03 Å². The smallest absolute Gasteiger partial charge is 0.262 e. The Balaban J connectivity index is 1.31. The highest BCUT2D eigenvalue weighted by Crippen LogP contribution is 2.28. The molecule has 9 nitrogen and oxygen atoms in total. The molecule has 1 aromatic carbocycles. The number of nitrogens with one attached hydrogen (secondary N) is 1. The molecular weight excluding hydrogens is 394 g/mol. The average Bonchev–Trinajstić information content (AvgIpc) is 3.26. The number of likely N-dealkylation sites (tertiary alicyclic amines) is 1. The second-order valence-corrected chi connectivity index (χ2v) is 9.39. The van der Waals surface area contributed by atoms with Gasteiger partial charge in [0.1, 0.15) is 0 Å². The SMILES string of the molecule is Cn1cnc(S(=O)(=O)N2CC(N3CC(C(=O)NCc4ccccc4)CC3=O)C2)c1. The highest BCUT2D eigenvalue weighted by atomic mass is 32.2. The maximum absolute atomic E-state index is 12.5. The molecule has 2 fully saturated rings. The predicted octanol–water partition coefficient (Wildman–Crippen LogP) is -0.0421. The zero-order chi connectivity index (χ0) is 20.6. The number of carbonyl (C=O) groups is 2. The van der Waals surface area contributed by atoms with Crippen LogP contribution in [0.15, 0.2) is 47.9 Å². The first-order valence-corrected chi connectivity index (χ1v) is 10.9. The third-order valence-corrected chi connectivity index (χ3v) is 7.11. The molecule has 2 aliphatic heterocycles. The third-order valence-electron chi connectivity index (χ3n) is 5.39. The molecule has 4 rings (SSSR count). The van der Waals surface area contributed by atoms with Gasteiger partial charge in [-0.25, -0.2) is 13.4 Å². The predicted molar refractivity (Wildman–Crippen MR) is 104 cm³/mol. The van der Waals surface area contributed by atoms with Crippen LogP contribution in [0, 0.1) is 5.92 Å². The fraction of sp³-hybridized carbons (Fsp3) is 0.421. The topological polar surface area (TPSA) is 105 Å². The standard InChI is InChI=1S/C19H23N5O4S/c1-22-12-17(21-13-22)29(27,28)23-10-16(11-23)24-9-15(7-18(24)25)19(26)20-8-14-5-3-2-4-6-14/h2-6,12-13,15-16H,7-11H2,1H3,(H,20,26). The fourth-order valence-electron chi connectivity index (χ4n) is 3.65. The van der Waals surface area contributed by atoms with Gasteiger partial charge in [-0.1, -0.05) is 30.3 Å². The lowest BCUT2D eigenvalue weighted by atomic mass is 10.1.